The number of unbranched alkanes of at least 4 members (excludes halogenated alkanes) is 29. The van der Waals surface area contributed by atoms with Crippen LogP contribution in [-0.4, -0.2) is 66.5 Å². The van der Waals surface area contributed by atoms with Crippen LogP contribution in [-0.2, 0) is 42.2 Å². The zero-order chi connectivity index (χ0) is 54.1. The monoisotopic (exact) mass is 1060 g/mol. The van der Waals surface area contributed by atoms with Crippen LogP contribution >= 0.6 is 7.82 Å². The summed E-state index contributed by atoms with van der Waals surface area (Å²) in [6.07, 6.45) is 61.8. The fourth-order valence-electron chi connectivity index (χ4n) is 8.28. The van der Waals surface area contributed by atoms with Crippen molar-refractivity contribution in [1.82, 2.24) is 0 Å². The Balaban J connectivity index is 4.71. The molecule has 3 atom stereocenters. The van der Waals surface area contributed by atoms with Gasteiger partial charge in [-0.25, -0.2) is 4.57 Å². The van der Waals surface area contributed by atoms with Crippen LogP contribution in [0.5, 0.6) is 0 Å². The Labute approximate surface area is 453 Å². The number of carbonyl (C=O) groups excluding carboxylic acids is 3. The molecule has 0 aromatic heterocycles. The van der Waals surface area contributed by atoms with Gasteiger partial charge >= 0.3 is 25.7 Å². The predicted molar refractivity (Wildman–Crippen MR) is 307 cm³/mol. The number of phosphoric ester groups is 1. The van der Waals surface area contributed by atoms with E-state index in [0.717, 1.165) is 103 Å². The summed E-state index contributed by atoms with van der Waals surface area (Å²) < 4.78 is 39.5. The molecule has 0 aliphatic rings. The van der Waals surface area contributed by atoms with Crippen LogP contribution in [0.25, 0.3) is 0 Å². The second kappa shape index (κ2) is 56.4. The minimum Gasteiger partial charge on any atom is -0.462 e. The normalized spacial score (nSPS) is 13.7. The van der Waals surface area contributed by atoms with Crippen molar-refractivity contribution in [3.05, 3.63) is 60.8 Å². The molecule has 0 heterocycles. The van der Waals surface area contributed by atoms with Gasteiger partial charge in [-0.05, 0) is 89.9 Å². The van der Waals surface area contributed by atoms with E-state index in [2.05, 4.69) is 81.5 Å². The Kier molecular flexibility index (Phi) is 54.2. The second-order valence-electron chi connectivity index (χ2n) is 20.2. The van der Waals surface area contributed by atoms with Crippen molar-refractivity contribution in [2.45, 2.75) is 290 Å². The van der Waals surface area contributed by atoms with Crippen molar-refractivity contribution in [2.24, 2.45) is 0 Å². The molecule has 0 fully saturated rings. The molecule has 0 aliphatic heterocycles. The molecule has 11 nitrogen and oxygen atoms in total. The van der Waals surface area contributed by atoms with Crippen molar-refractivity contribution >= 4 is 25.7 Å². The molecule has 0 aliphatic carbocycles. The van der Waals surface area contributed by atoms with Crippen LogP contribution in [0.3, 0.4) is 0 Å². The number of aliphatic hydroxyl groups excluding tert-OH is 1. The molecule has 0 rings (SSSR count). The van der Waals surface area contributed by atoms with Gasteiger partial charge in [0.2, 0.25) is 0 Å². The van der Waals surface area contributed by atoms with E-state index in [4.69, 9.17) is 23.3 Å². The number of hydrogen-bond acceptors (Lipinski definition) is 10. The van der Waals surface area contributed by atoms with Gasteiger partial charge in [-0.1, -0.05) is 229 Å². The van der Waals surface area contributed by atoms with Crippen LogP contribution in [0.2, 0.25) is 0 Å². The Morgan fingerprint density at radius 1 is 0.378 bits per heavy atom. The molecule has 0 aromatic rings. The van der Waals surface area contributed by atoms with Gasteiger partial charge in [-0.15, -0.1) is 0 Å². The fraction of sp³-hybridized carbons (Fsp3) is 0.790. The Morgan fingerprint density at radius 3 is 1.04 bits per heavy atom. The predicted octanol–water partition coefficient (Wildman–Crippen LogP) is 17.9. The van der Waals surface area contributed by atoms with Gasteiger partial charge in [0.05, 0.1) is 19.8 Å². The third-order valence-electron chi connectivity index (χ3n) is 12.9. The molecule has 74 heavy (non-hydrogen) atoms. The van der Waals surface area contributed by atoms with Gasteiger partial charge in [0.15, 0.2) is 6.10 Å². The molecule has 0 bridgehead atoms. The lowest BCUT2D eigenvalue weighted by atomic mass is 10.1. The number of aliphatic hydroxyl groups is 1. The quantitative estimate of drug-likeness (QED) is 0.0197. The maximum Gasteiger partial charge on any atom is 0.472 e. The van der Waals surface area contributed by atoms with Crippen LogP contribution in [0, 0.1) is 0 Å². The summed E-state index contributed by atoms with van der Waals surface area (Å²) in [5.41, 5.74) is 0. The molecule has 0 radical (unpaired) electrons. The number of carbonyl (C=O) groups is 3. The lowest BCUT2D eigenvalue weighted by Gasteiger charge is -2.21. The number of rotatable bonds is 56. The Bertz CT molecular complexity index is 1470. The first kappa shape index (κ1) is 71.2. The molecule has 12 heteroatoms. The molecule has 430 valence electrons. The van der Waals surface area contributed by atoms with Crippen molar-refractivity contribution in [3.8, 4) is 0 Å². The van der Waals surface area contributed by atoms with Crippen molar-refractivity contribution in [3.63, 3.8) is 0 Å². The summed E-state index contributed by atoms with van der Waals surface area (Å²) in [5.74, 6) is -1.47. The van der Waals surface area contributed by atoms with Crippen molar-refractivity contribution < 1.29 is 52.2 Å². The van der Waals surface area contributed by atoms with Gasteiger partial charge in [0.25, 0.3) is 0 Å². The Morgan fingerprint density at radius 2 is 0.662 bits per heavy atom. The molecule has 3 unspecified atom stereocenters. The van der Waals surface area contributed by atoms with E-state index >= 15 is 0 Å². The lowest BCUT2D eigenvalue weighted by Crippen LogP contribution is -2.30. The minimum absolute atomic E-state index is 0.160. The van der Waals surface area contributed by atoms with Crippen molar-refractivity contribution in [2.75, 3.05) is 26.4 Å². The summed E-state index contributed by atoms with van der Waals surface area (Å²) >= 11 is 0. The minimum atomic E-state index is -4.75. The number of allylic oxidation sites excluding steroid dienone is 10. The van der Waals surface area contributed by atoms with E-state index in [1.165, 1.54) is 116 Å². The van der Waals surface area contributed by atoms with Gasteiger partial charge < -0.3 is 24.2 Å². The van der Waals surface area contributed by atoms with Crippen LogP contribution in [0.15, 0.2) is 60.8 Å². The number of ether oxygens (including phenoxy) is 3. The van der Waals surface area contributed by atoms with Gasteiger partial charge in [0, 0.05) is 19.3 Å². The third-order valence-corrected chi connectivity index (χ3v) is 13.9. The van der Waals surface area contributed by atoms with E-state index in [-0.39, 0.29) is 25.9 Å². The molecule has 0 spiro atoms. The number of esters is 3. The highest BCUT2D eigenvalue weighted by Gasteiger charge is 2.28. The molecule has 0 saturated carbocycles. The smallest absolute Gasteiger partial charge is 0.462 e. The topological polar surface area (TPSA) is 155 Å². The van der Waals surface area contributed by atoms with E-state index < -0.39 is 57.8 Å². The molecule has 0 aromatic carbocycles. The number of phosphoric acid groups is 1. The highest BCUT2D eigenvalue weighted by Crippen LogP contribution is 2.43. The fourth-order valence-corrected chi connectivity index (χ4v) is 9.06. The first-order valence-electron chi connectivity index (χ1n) is 30.2. The number of hydrogen-bond donors (Lipinski definition) is 2. The van der Waals surface area contributed by atoms with E-state index in [1.807, 2.05) is 0 Å². The zero-order valence-corrected chi connectivity index (χ0v) is 48.5. The van der Waals surface area contributed by atoms with E-state index in [0.29, 0.717) is 19.3 Å². The highest BCUT2D eigenvalue weighted by molar-refractivity contribution is 7.47. The maximum atomic E-state index is 12.9. The summed E-state index contributed by atoms with van der Waals surface area (Å²) in [6.45, 7) is 4.57. The first-order chi connectivity index (χ1) is 36.2. The van der Waals surface area contributed by atoms with E-state index in [9.17, 15) is 28.9 Å². The zero-order valence-electron chi connectivity index (χ0n) is 47.6. The first-order valence-corrected chi connectivity index (χ1v) is 31.7. The highest BCUT2D eigenvalue weighted by atomic mass is 31.2. The van der Waals surface area contributed by atoms with Gasteiger partial charge in [-0.3, -0.25) is 23.4 Å². The third kappa shape index (κ3) is 54.0. The summed E-state index contributed by atoms with van der Waals surface area (Å²) in [6, 6.07) is 0. The lowest BCUT2D eigenvalue weighted by molar-refractivity contribution is -0.161. The molecule has 2 N–H and O–H groups in total. The largest absolute Gasteiger partial charge is 0.472 e. The average molecular weight is 1060 g/mol. The molecule has 0 amide bonds. The van der Waals surface area contributed by atoms with Crippen molar-refractivity contribution in [1.29, 1.82) is 0 Å². The molecular weight excluding hydrogens is 952 g/mol. The summed E-state index contributed by atoms with van der Waals surface area (Å²) in [4.78, 5) is 48.5. The van der Waals surface area contributed by atoms with E-state index in [1.54, 1.807) is 0 Å². The summed E-state index contributed by atoms with van der Waals surface area (Å²) in [7, 11) is -4.75. The second-order valence-corrected chi connectivity index (χ2v) is 21.6. The standard InChI is InChI=1S/C62H111O11P/c1-4-7-10-13-16-19-21-23-25-27-29-31-33-35-37-40-42-45-48-51-60(64)69-55-59(57-71-74(67,68)70-56-58(54-63)72-61(65)52-49-46-43-39-18-15-12-9-6-3)73-62(66)53-50-47-44-41-38-36-34-32-30-28-26-24-22-20-17-14-11-8-5-2/h16-17,19-20,23-26,29,31,58-59,63H,4-15,18,21-22,27-28,30,32-57H2,1-3H3,(H,67,68)/b19-16-,20-17-,25-23-,26-24-,31-29-. The maximum absolute atomic E-state index is 12.9. The van der Waals surface area contributed by atoms with Crippen LogP contribution in [0.4, 0.5) is 0 Å². The summed E-state index contributed by atoms with van der Waals surface area (Å²) in [5, 5.41) is 9.78. The van der Waals surface area contributed by atoms with Crippen LogP contribution in [0.1, 0.15) is 278 Å². The molecular formula is C62H111O11P. The molecule has 0 saturated heterocycles. The average Bonchev–Trinajstić information content (AvgIpc) is 3.39. The SMILES string of the molecule is CCCCC/C=C\C/C=C\C/C=C\CCCCCCCCC(=O)OCC(COP(=O)(O)OCC(CO)OC(=O)CCCCCCCCCCC)OC(=O)CCCCCCCCCCC/C=C\C/C=C\CCCCC. The van der Waals surface area contributed by atoms with Gasteiger partial charge in [0.1, 0.15) is 12.7 Å². The Hall–Kier alpha value is -2.82. The van der Waals surface area contributed by atoms with Crippen LogP contribution < -0.4 is 0 Å². The van der Waals surface area contributed by atoms with Gasteiger partial charge in [-0.2, -0.15) is 0 Å².